The molecule has 0 saturated carbocycles. The lowest BCUT2D eigenvalue weighted by molar-refractivity contribution is 1.29. The van der Waals surface area contributed by atoms with Crippen molar-refractivity contribution in [2.75, 3.05) is 4.90 Å². The van der Waals surface area contributed by atoms with Gasteiger partial charge in [0, 0.05) is 37.2 Å². The SMILES string of the molecule is c1ccc(-c2ccc(N(c3ccc4cc5c(cc4c3)sc3ccccc35)c3ccc4c(ccc5ccccc54)c3)cc2)cc1. The van der Waals surface area contributed by atoms with E-state index in [1.165, 1.54) is 63.6 Å². The molecule has 0 N–H and O–H groups in total. The van der Waals surface area contributed by atoms with Crippen molar-refractivity contribution in [3.8, 4) is 11.1 Å². The average Bonchev–Trinajstić information content (AvgIpc) is 3.45. The summed E-state index contributed by atoms with van der Waals surface area (Å²) in [6.07, 6.45) is 0. The summed E-state index contributed by atoms with van der Waals surface area (Å²) in [6.45, 7) is 0. The maximum absolute atomic E-state index is 2.39. The molecule has 0 amide bonds. The summed E-state index contributed by atoms with van der Waals surface area (Å²) in [5.41, 5.74) is 5.85. The first-order chi connectivity index (χ1) is 21.8. The van der Waals surface area contributed by atoms with Gasteiger partial charge in [0.05, 0.1) is 0 Å². The molecular weight excluding hydrogens is 551 g/mol. The number of nitrogens with zero attached hydrogens (tertiary/aromatic N) is 1. The fourth-order valence-electron chi connectivity index (χ4n) is 6.62. The Hall–Kier alpha value is -5.44. The van der Waals surface area contributed by atoms with E-state index in [4.69, 9.17) is 0 Å². The molecule has 0 aliphatic carbocycles. The Balaban J connectivity index is 1.22. The fraction of sp³-hybridized carbons (Fsp3) is 0. The third-order valence-electron chi connectivity index (χ3n) is 8.80. The van der Waals surface area contributed by atoms with Gasteiger partial charge in [0.1, 0.15) is 0 Å². The number of rotatable bonds is 4. The second-order valence-electron chi connectivity index (χ2n) is 11.4. The summed E-state index contributed by atoms with van der Waals surface area (Å²) in [7, 11) is 0. The van der Waals surface area contributed by atoms with Crippen LogP contribution < -0.4 is 4.90 Å². The van der Waals surface area contributed by atoms with Crippen molar-refractivity contribution in [3.05, 3.63) is 164 Å². The van der Waals surface area contributed by atoms with E-state index < -0.39 is 0 Å². The van der Waals surface area contributed by atoms with Crippen molar-refractivity contribution in [3.63, 3.8) is 0 Å². The Morgan fingerprint density at radius 3 is 1.80 bits per heavy atom. The molecule has 0 radical (unpaired) electrons. The molecule has 44 heavy (non-hydrogen) atoms. The lowest BCUT2D eigenvalue weighted by Crippen LogP contribution is -2.10. The molecule has 9 aromatic rings. The molecule has 0 atom stereocenters. The summed E-state index contributed by atoms with van der Waals surface area (Å²) in [5, 5.41) is 10.2. The number of hydrogen-bond donors (Lipinski definition) is 0. The number of fused-ring (bicyclic) bond motifs is 7. The monoisotopic (exact) mass is 577 g/mol. The molecule has 1 heterocycles. The van der Waals surface area contributed by atoms with Crippen LogP contribution in [-0.4, -0.2) is 0 Å². The van der Waals surface area contributed by atoms with Crippen molar-refractivity contribution in [2.45, 2.75) is 0 Å². The second kappa shape index (κ2) is 10.1. The predicted octanol–water partition coefficient (Wildman–Crippen LogP) is 12.7. The van der Waals surface area contributed by atoms with Gasteiger partial charge in [-0.2, -0.15) is 0 Å². The van der Waals surface area contributed by atoms with E-state index in [-0.39, 0.29) is 0 Å². The highest BCUT2D eigenvalue weighted by molar-refractivity contribution is 7.25. The van der Waals surface area contributed by atoms with Crippen LogP contribution in [-0.2, 0) is 0 Å². The van der Waals surface area contributed by atoms with Crippen molar-refractivity contribution in [1.29, 1.82) is 0 Å². The third kappa shape index (κ3) is 4.15. The summed E-state index contributed by atoms with van der Waals surface area (Å²) in [6, 6.07) is 59.8. The van der Waals surface area contributed by atoms with Crippen LogP contribution in [0.1, 0.15) is 0 Å². The lowest BCUT2D eigenvalue weighted by atomic mass is 10.0. The van der Waals surface area contributed by atoms with Gasteiger partial charge in [-0.3, -0.25) is 0 Å². The molecule has 0 aliphatic rings. The summed E-state index contributed by atoms with van der Waals surface area (Å²) < 4.78 is 2.66. The number of benzene rings is 8. The molecular formula is C42H27NS. The van der Waals surface area contributed by atoms with Crippen LogP contribution in [0.25, 0.3) is 63.6 Å². The topological polar surface area (TPSA) is 3.24 Å². The zero-order valence-corrected chi connectivity index (χ0v) is 24.8. The van der Waals surface area contributed by atoms with Gasteiger partial charge in [0.15, 0.2) is 0 Å². The van der Waals surface area contributed by atoms with E-state index in [9.17, 15) is 0 Å². The molecule has 0 aliphatic heterocycles. The van der Waals surface area contributed by atoms with E-state index in [0.717, 1.165) is 17.1 Å². The highest BCUT2D eigenvalue weighted by Gasteiger charge is 2.16. The molecule has 1 nitrogen and oxygen atoms in total. The molecule has 0 saturated heterocycles. The first kappa shape index (κ1) is 25.1. The summed E-state index contributed by atoms with van der Waals surface area (Å²) in [5.74, 6) is 0. The minimum absolute atomic E-state index is 1.13. The molecule has 1 aromatic heterocycles. The van der Waals surface area contributed by atoms with Crippen molar-refractivity contribution in [2.24, 2.45) is 0 Å². The maximum atomic E-state index is 2.39. The van der Waals surface area contributed by atoms with Crippen LogP contribution in [0.2, 0.25) is 0 Å². The molecule has 0 bridgehead atoms. The third-order valence-corrected chi connectivity index (χ3v) is 9.93. The van der Waals surface area contributed by atoms with Gasteiger partial charge in [-0.1, -0.05) is 109 Å². The maximum Gasteiger partial charge on any atom is 0.0468 e. The van der Waals surface area contributed by atoms with Gasteiger partial charge in [-0.25, -0.2) is 0 Å². The van der Waals surface area contributed by atoms with Crippen LogP contribution in [0.5, 0.6) is 0 Å². The Morgan fingerprint density at radius 1 is 0.318 bits per heavy atom. The van der Waals surface area contributed by atoms with Gasteiger partial charge in [-0.05, 0) is 98.0 Å². The Bertz CT molecular complexity index is 2490. The summed E-state index contributed by atoms with van der Waals surface area (Å²) >= 11 is 1.87. The minimum atomic E-state index is 1.13. The molecule has 0 fully saturated rings. The van der Waals surface area contributed by atoms with Crippen LogP contribution in [0, 0.1) is 0 Å². The second-order valence-corrected chi connectivity index (χ2v) is 12.5. The molecule has 0 spiro atoms. The van der Waals surface area contributed by atoms with E-state index >= 15 is 0 Å². The molecule has 9 rings (SSSR count). The molecule has 0 unspecified atom stereocenters. The van der Waals surface area contributed by atoms with Gasteiger partial charge in [0.25, 0.3) is 0 Å². The highest BCUT2D eigenvalue weighted by Crippen LogP contribution is 2.41. The van der Waals surface area contributed by atoms with Crippen molar-refractivity contribution in [1.82, 2.24) is 0 Å². The number of hydrogen-bond acceptors (Lipinski definition) is 2. The predicted molar refractivity (Wildman–Crippen MR) is 192 cm³/mol. The first-order valence-corrected chi connectivity index (χ1v) is 15.8. The summed E-state index contributed by atoms with van der Waals surface area (Å²) in [4.78, 5) is 2.39. The average molecular weight is 578 g/mol. The molecule has 8 aromatic carbocycles. The van der Waals surface area contributed by atoms with Crippen molar-refractivity contribution >= 4 is 80.9 Å². The van der Waals surface area contributed by atoms with Crippen LogP contribution in [0.15, 0.2) is 164 Å². The van der Waals surface area contributed by atoms with Gasteiger partial charge in [-0.15, -0.1) is 11.3 Å². The van der Waals surface area contributed by atoms with E-state index in [0.29, 0.717) is 0 Å². The van der Waals surface area contributed by atoms with Gasteiger partial charge in [0.2, 0.25) is 0 Å². The Kier molecular flexibility index (Phi) is 5.75. The highest BCUT2D eigenvalue weighted by atomic mass is 32.1. The quantitative estimate of drug-likeness (QED) is 0.188. The molecule has 2 heteroatoms. The normalized spacial score (nSPS) is 11.6. The number of thiophene rings is 1. The van der Waals surface area contributed by atoms with E-state index in [1.807, 2.05) is 11.3 Å². The number of anilines is 3. The van der Waals surface area contributed by atoms with Gasteiger partial charge < -0.3 is 4.90 Å². The Labute approximate surface area is 259 Å². The first-order valence-electron chi connectivity index (χ1n) is 15.0. The standard InChI is InChI=1S/C42H27NS/c1-2-8-28(9-3-1)29-16-19-34(20-17-29)43(36-22-23-38-32(24-36)15-14-30-10-4-5-11-37(30)38)35-21-18-31-26-40-39-12-6-7-13-41(39)44-42(40)27-33(31)25-35/h1-27H. The lowest BCUT2D eigenvalue weighted by Gasteiger charge is -2.26. The van der Waals surface area contributed by atoms with Crippen LogP contribution in [0.3, 0.4) is 0 Å². The fourth-order valence-corrected chi connectivity index (χ4v) is 7.75. The van der Waals surface area contributed by atoms with E-state index in [1.54, 1.807) is 0 Å². The smallest absolute Gasteiger partial charge is 0.0468 e. The Morgan fingerprint density at radius 2 is 0.932 bits per heavy atom. The largest absolute Gasteiger partial charge is 0.310 e. The van der Waals surface area contributed by atoms with Crippen LogP contribution in [0.4, 0.5) is 17.1 Å². The minimum Gasteiger partial charge on any atom is -0.310 e. The van der Waals surface area contributed by atoms with Crippen LogP contribution >= 0.6 is 11.3 Å². The van der Waals surface area contributed by atoms with E-state index in [2.05, 4.69) is 169 Å². The molecule has 206 valence electrons. The van der Waals surface area contributed by atoms with Crippen molar-refractivity contribution < 1.29 is 0 Å². The van der Waals surface area contributed by atoms with Gasteiger partial charge >= 0.3 is 0 Å². The zero-order valence-electron chi connectivity index (χ0n) is 23.9. The zero-order chi connectivity index (χ0) is 29.0.